The molecule has 0 aliphatic carbocycles. The van der Waals surface area contributed by atoms with E-state index in [1.165, 1.54) is 25.3 Å². The number of anilines is 1. The van der Waals surface area contributed by atoms with Crippen molar-refractivity contribution >= 4 is 46.7 Å². The lowest BCUT2D eigenvalue weighted by Crippen LogP contribution is -2.24. The van der Waals surface area contributed by atoms with Crippen LogP contribution in [0, 0.1) is 0 Å². The van der Waals surface area contributed by atoms with Crippen LogP contribution in [0.4, 0.5) is 5.69 Å². The van der Waals surface area contributed by atoms with Crippen molar-refractivity contribution in [2.45, 2.75) is 0 Å². The Morgan fingerprint density at radius 2 is 1.74 bits per heavy atom. The van der Waals surface area contributed by atoms with Crippen LogP contribution in [0.1, 0.15) is 15.9 Å². The molecule has 0 saturated carbocycles. The van der Waals surface area contributed by atoms with Crippen LogP contribution < -0.4 is 15.0 Å². The minimum absolute atomic E-state index is 0.0867. The van der Waals surface area contributed by atoms with Gasteiger partial charge in [0.2, 0.25) is 0 Å². The number of rotatable bonds is 7. The maximum atomic E-state index is 12.4. The molecular formula is C20H20Cl2N2O3. The number of amides is 1. The fourth-order valence-electron chi connectivity index (χ4n) is 2.19. The molecule has 7 heteroatoms. The summed E-state index contributed by atoms with van der Waals surface area (Å²) in [6.45, 7) is -0.192. The number of hydrogen-bond donors (Lipinski definition) is 1. The second kappa shape index (κ2) is 9.44. The Balaban J connectivity index is 2.13. The topological polar surface area (TPSA) is 58.6 Å². The first-order valence-corrected chi connectivity index (χ1v) is 8.90. The molecule has 0 aliphatic rings. The predicted molar refractivity (Wildman–Crippen MR) is 110 cm³/mol. The number of halogens is 2. The van der Waals surface area contributed by atoms with Crippen molar-refractivity contribution in [1.82, 2.24) is 5.32 Å². The van der Waals surface area contributed by atoms with E-state index in [1.807, 2.05) is 43.3 Å². The van der Waals surface area contributed by atoms with Gasteiger partial charge < -0.3 is 15.0 Å². The Bertz CT molecular complexity index is 862. The van der Waals surface area contributed by atoms with Gasteiger partial charge in [-0.05, 0) is 35.9 Å². The molecule has 27 heavy (non-hydrogen) atoms. The lowest BCUT2D eigenvalue weighted by molar-refractivity contribution is -0.122. The molecule has 0 atom stereocenters. The highest BCUT2D eigenvalue weighted by atomic mass is 35.5. The summed E-state index contributed by atoms with van der Waals surface area (Å²) >= 11 is 12.4. The number of carbonyl (C=O) groups excluding carboxylic acids is 2. The number of benzene rings is 2. The van der Waals surface area contributed by atoms with Crippen LogP contribution in [0.2, 0.25) is 10.0 Å². The first-order chi connectivity index (χ1) is 12.8. The first kappa shape index (κ1) is 20.8. The third-order valence-electron chi connectivity index (χ3n) is 3.79. The summed E-state index contributed by atoms with van der Waals surface area (Å²) in [7, 11) is 5.42. The van der Waals surface area contributed by atoms with Gasteiger partial charge in [0.1, 0.15) is 10.8 Å². The van der Waals surface area contributed by atoms with Crippen LogP contribution in [0.25, 0.3) is 6.08 Å². The van der Waals surface area contributed by atoms with Gasteiger partial charge in [-0.25, -0.2) is 0 Å². The van der Waals surface area contributed by atoms with Gasteiger partial charge in [0.15, 0.2) is 12.4 Å². The Hall–Kier alpha value is -2.50. The largest absolute Gasteiger partial charge is 0.482 e. The van der Waals surface area contributed by atoms with Crippen molar-refractivity contribution in [1.29, 1.82) is 0 Å². The van der Waals surface area contributed by atoms with E-state index in [4.69, 9.17) is 27.9 Å². The minimum atomic E-state index is -0.300. The normalized spacial score (nSPS) is 10.7. The molecule has 0 aromatic heterocycles. The summed E-state index contributed by atoms with van der Waals surface area (Å²) < 4.78 is 5.30. The Kier molecular flexibility index (Phi) is 7.28. The molecule has 2 aromatic rings. The molecule has 0 bridgehead atoms. The molecule has 0 aliphatic heterocycles. The third-order valence-corrected chi connectivity index (χ3v) is 4.65. The van der Waals surface area contributed by atoms with Gasteiger partial charge in [0.25, 0.3) is 5.91 Å². The van der Waals surface area contributed by atoms with Crippen molar-refractivity contribution in [2.24, 2.45) is 0 Å². The lowest BCUT2D eigenvalue weighted by Gasteiger charge is -2.11. The van der Waals surface area contributed by atoms with Gasteiger partial charge in [-0.1, -0.05) is 41.4 Å². The number of allylic oxidation sites excluding steroid dienone is 1. The zero-order valence-electron chi connectivity index (χ0n) is 15.3. The molecule has 2 aromatic carbocycles. The van der Waals surface area contributed by atoms with Crippen molar-refractivity contribution in [3.63, 3.8) is 0 Å². The van der Waals surface area contributed by atoms with E-state index in [1.54, 1.807) is 6.08 Å². The molecule has 0 saturated heterocycles. The van der Waals surface area contributed by atoms with Gasteiger partial charge >= 0.3 is 0 Å². The van der Waals surface area contributed by atoms with Crippen LogP contribution in [0.3, 0.4) is 0 Å². The molecule has 0 radical (unpaired) electrons. The van der Waals surface area contributed by atoms with Gasteiger partial charge in [-0.3, -0.25) is 9.59 Å². The van der Waals surface area contributed by atoms with E-state index in [-0.39, 0.29) is 39.7 Å². The fourth-order valence-corrected chi connectivity index (χ4v) is 2.66. The Morgan fingerprint density at radius 3 is 2.33 bits per heavy atom. The summed E-state index contributed by atoms with van der Waals surface area (Å²) in [5, 5.41) is 2.61. The zero-order chi connectivity index (χ0) is 20.0. The van der Waals surface area contributed by atoms with E-state index < -0.39 is 0 Å². The van der Waals surface area contributed by atoms with Gasteiger partial charge in [0, 0.05) is 32.4 Å². The van der Waals surface area contributed by atoms with Crippen LogP contribution in [-0.4, -0.2) is 39.4 Å². The van der Waals surface area contributed by atoms with Gasteiger partial charge in [0.05, 0.1) is 5.02 Å². The number of ketones is 1. The van der Waals surface area contributed by atoms with Crippen molar-refractivity contribution < 1.29 is 14.3 Å². The zero-order valence-corrected chi connectivity index (χ0v) is 16.8. The van der Waals surface area contributed by atoms with Crippen LogP contribution >= 0.6 is 23.2 Å². The fraction of sp³-hybridized carbons (Fsp3) is 0.200. The van der Waals surface area contributed by atoms with E-state index >= 15 is 0 Å². The predicted octanol–water partition coefficient (Wildman–Crippen LogP) is 4.08. The summed E-state index contributed by atoms with van der Waals surface area (Å²) in [5.41, 5.74) is 2.22. The van der Waals surface area contributed by atoms with E-state index in [0.717, 1.165) is 11.3 Å². The van der Waals surface area contributed by atoms with Crippen LogP contribution in [0.5, 0.6) is 5.75 Å². The molecule has 0 spiro atoms. The van der Waals surface area contributed by atoms with E-state index in [0.29, 0.717) is 0 Å². The summed E-state index contributed by atoms with van der Waals surface area (Å²) in [6.07, 6.45) is 3.15. The maximum absolute atomic E-state index is 12.4. The average molecular weight is 407 g/mol. The molecule has 1 N–H and O–H groups in total. The Morgan fingerprint density at radius 1 is 1.07 bits per heavy atom. The van der Waals surface area contributed by atoms with Crippen molar-refractivity contribution in [2.75, 3.05) is 32.6 Å². The van der Waals surface area contributed by atoms with Crippen LogP contribution in [0.15, 0.2) is 42.5 Å². The highest BCUT2D eigenvalue weighted by Gasteiger charge is 2.15. The number of nitrogens with one attached hydrogen (secondary N) is 1. The van der Waals surface area contributed by atoms with Crippen molar-refractivity contribution in [3.8, 4) is 5.75 Å². The number of carbonyl (C=O) groups is 2. The van der Waals surface area contributed by atoms with E-state index in [2.05, 4.69) is 5.32 Å². The highest BCUT2D eigenvalue weighted by molar-refractivity contribution is 6.45. The average Bonchev–Trinajstić information content (AvgIpc) is 2.67. The van der Waals surface area contributed by atoms with Crippen molar-refractivity contribution in [3.05, 3.63) is 63.6 Å². The second-order valence-corrected chi connectivity index (χ2v) is 6.64. The quantitative estimate of drug-likeness (QED) is 0.555. The number of likely N-dealkylation sites (N-methyl/N-ethyl adjacent to an activating group) is 1. The maximum Gasteiger partial charge on any atom is 0.257 e. The molecule has 5 nitrogen and oxygen atoms in total. The summed E-state index contributed by atoms with van der Waals surface area (Å²) in [5.74, 6) is -0.341. The number of nitrogens with zero attached hydrogens (tertiary/aromatic N) is 1. The first-order valence-electron chi connectivity index (χ1n) is 8.14. The standard InChI is InChI=1S/C20H20Cl2N2O3/c1-23-18(26)12-27-17-11-9-15(19(21)20(17)22)16(25)10-6-13-4-7-14(8-5-13)24(2)3/h4-11H,12H2,1-3H3,(H,23,26)/b10-6+. The molecule has 142 valence electrons. The van der Waals surface area contributed by atoms with Crippen LogP contribution in [-0.2, 0) is 4.79 Å². The Labute approximate surface area is 168 Å². The molecular weight excluding hydrogens is 387 g/mol. The lowest BCUT2D eigenvalue weighted by atomic mass is 10.1. The molecule has 1 amide bonds. The molecule has 2 rings (SSSR count). The summed E-state index contributed by atoms with van der Waals surface area (Å²) in [6, 6.07) is 10.8. The molecule has 0 unspecified atom stereocenters. The van der Waals surface area contributed by atoms with Gasteiger partial charge in [-0.2, -0.15) is 0 Å². The third kappa shape index (κ3) is 5.49. The SMILES string of the molecule is CNC(=O)COc1ccc(C(=O)/C=C/c2ccc(N(C)C)cc2)c(Cl)c1Cl. The number of hydrogen-bond acceptors (Lipinski definition) is 4. The second-order valence-electron chi connectivity index (χ2n) is 5.88. The van der Waals surface area contributed by atoms with Gasteiger partial charge in [-0.15, -0.1) is 0 Å². The minimum Gasteiger partial charge on any atom is -0.482 e. The highest BCUT2D eigenvalue weighted by Crippen LogP contribution is 2.35. The number of ether oxygens (including phenoxy) is 1. The monoisotopic (exact) mass is 406 g/mol. The molecule has 0 fully saturated rings. The molecule has 0 heterocycles. The van der Waals surface area contributed by atoms with E-state index in [9.17, 15) is 9.59 Å². The summed E-state index contributed by atoms with van der Waals surface area (Å²) in [4.78, 5) is 25.7. The smallest absolute Gasteiger partial charge is 0.257 e.